The van der Waals surface area contributed by atoms with Crippen molar-refractivity contribution in [2.45, 2.75) is 13.5 Å². The molecular formula is C17H19ClN2O3. The third-order valence-electron chi connectivity index (χ3n) is 3.30. The third kappa shape index (κ3) is 4.53. The number of methoxy groups -OCH3 is 2. The highest BCUT2D eigenvalue weighted by Gasteiger charge is 2.12. The van der Waals surface area contributed by atoms with Crippen LogP contribution in [0.4, 0.5) is 10.5 Å². The van der Waals surface area contributed by atoms with Gasteiger partial charge in [-0.15, -0.1) is 0 Å². The maximum absolute atomic E-state index is 12.1. The third-order valence-corrected chi connectivity index (χ3v) is 3.59. The molecule has 0 saturated heterocycles. The van der Waals surface area contributed by atoms with E-state index in [0.29, 0.717) is 28.8 Å². The summed E-state index contributed by atoms with van der Waals surface area (Å²) in [6.45, 7) is 2.45. The van der Waals surface area contributed by atoms with Gasteiger partial charge in [-0.2, -0.15) is 0 Å². The normalized spacial score (nSPS) is 10.1. The number of aryl methyl sites for hydroxylation is 1. The summed E-state index contributed by atoms with van der Waals surface area (Å²) in [6.07, 6.45) is 0. The fourth-order valence-corrected chi connectivity index (χ4v) is 2.24. The molecule has 122 valence electrons. The van der Waals surface area contributed by atoms with Crippen LogP contribution in [0, 0.1) is 6.92 Å². The van der Waals surface area contributed by atoms with E-state index in [2.05, 4.69) is 10.6 Å². The number of carbonyl (C=O) groups excluding carboxylic acids is 1. The zero-order valence-electron chi connectivity index (χ0n) is 13.3. The second-order valence-electron chi connectivity index (χ2n) is 4.98. The fourth-order valence-electron chi connectivity index (χ4n) is 2.01. The highest BCUT2D eigenvalue weighted by Crippen LogP contribution is 2.35. The van der Waals surface area contributed by atoms with Gasteiger partial charge >= 0.3 is 6.03 Å². The quantitative estimate of drug-likeness (QED) is 0.869. The van der Waals surface area contributed by atoms with Crippen LogP contribution >= 0.6 is 11.6 Å². The number of hydrogen-bond acceptors (Lipinski definition) is 3. The van der Waals surface area contributed by atoms with E-state index in [9.17, 15) is 4.79 Å². The van der Waals surface area contributed by atoms with Crippen LogP contribution in [0.2, 0.25) is 5.02 Å². The molecule has 23 heavy (non-hydrogen) atoms. The van der Waals surface area contributed by atoms with Gasteiger partial charge in [0.25, 0.3) is 0 Å². The lowest BCUT2D eigenvalue weighted by molar-refractivity contribution is 0.251. The van der Waals surface area contributed by atoms with Crippen LogP contribution in [0.3, 0.4) is 0 Å². The molecule has 5 nitrogen and oxygen atoms in total. The Morgan fingerprint density at radius 2 is 1.74 bits per heavy atom. The minimum Gasteiger partial charge on any atom is -0.495 e. The van der Waals surface area contributed by atoms with Crippen molar-refractivity contribution in [3.05, 3.63) is 52.5 Å². The first-order valence-electron chi connectivity index (χ1n) is 7.05. The second kappa shape index (κ2) is 7.74. The van der Waals surface area contributed by atoms with Gasteiger partial charge < -0.3 is 20.1 Å². The van der Waals surface area contributed by atoms with E-state index in [-0.39, 0.29) is 6.03 Å². The van der Waals surface area contributed by atoms with Gasteiger partial charge in [-0.3, -0.25) is 0 Å². The van der Waals surface area contributed by atoms with Gasteiger partial charge in [-0.25, -0.2) is 4.79 Å². The summed E-state index contributed by atoms with van der Waals surface area (Å²) in [6, 6.07) is 10.8. The number of hydrogen-bond donors (Lipinski definition) is 2. The maximum atomic E-state index is 12.1. The minimum atomic E-state index is -0.340. The van der Waals surface area contributed by atoms with Gasteiger partial charge in [0.1, 0.15) is 11.5 Å². The van der Waals surface area contributed by atoms with E-state index in [1.54, 1.807) is 12.1 Å². The molecule has 0 heterocycles. The summed E-state index contributed by atoms with van der Waals surface area (Å²) in [7, 11) is 3.02. The highest BCUT2D eigenvalue weighted by molar-refractivity contribution is 6.32. The smallest absolute Gasteiger partial charge is 0.319 e. The first-order chi connectivity index (χ1) is 11.0. The molecule has 0 unspecified atom stereocenters. The molecule has 0 saturated carbocycles. The Morgan fingerprint density at radius 3 is 2.35 bits per heavy atom. The Hall–Kier alpha value is -2.40. The largest absolute Gasteiger partial charge is 0.495 e. The molecule has 2 amide bonds. The molecule has 0 aliphatic carbocycles. The van der Waals surface area contributed by atoms with E-state index in [1.807, 2.05) is 31.2 Å². The number of anilines is 1. The number of rotatable bonds is 5. The minimum absolute atomic E-state index is 0.340. The molecule has 0 bridgehead atoms. The Labute approximate surface area is 140 Å². The predicted molar refractivity (Wildman–Crippen MR) is 91.6 cm³/mol. The summed E-state index contributed by atoms with van der Waals surface area (Å²) in [5.74, 6) is 0.919. The second-order valence-corrected chi connectivity index (χ2v) is 5.39. The molecule has 0 radical (unpaired) electrons. The first kappa shape index (κ1) is 17.0. The number of halogens is 1. The van der Waals surface area contributed by atoms with Crippen molar-refractivity contribution in [2.75, 3.05) is 19.5 Å². The average Bonchev–Trinajstić information content (AvgIpc) is 2.55. The van der Waals surface area contributed by atoms with Crippen LogP contribution in [-0.2, 0) is 6.54 Å². The number of carbonyl (C=O) groups is 1. The Bertz CT molecular complexity index is 687. The first-order valence-corrected chi connectivity index (χ1v) is 7.43. The molecule has 2 aromatic carbocycles. The van der Waals surface area contributed by atoms with E-state index in [1.165, 1.54) is 19.8 Å². The summed E-state index contributed by atoms with van der Waals surface area (Å²) in [5, 5.41) is 5.93. The number of benzene rings is 2. The summed E-state index contributed by atoms with van der Waals surface area (Å²) in [5.41, 5.74) is 2.68. The Balaban J connectivity index is 2.03. The Morgan fingerprint density at radius 1 is 1.09 bits per heavy atom. The van der Waals surface area contributed by atoms with Gasteiger partial charge in [0, 0.05) is 18.7 Å². The number of nitrogens with one attached hydrogen (secondary N) is 2. The van der Waals surface area contributed by atoms with E-state index in [4.69, 9.17) is 21.1 Å². The van der Waals surface area contributed by atoms with Crippen LogP contribution in [0.5, 0.6) is 11.5 Å². The van der Waals surface area contributed by atoms with Crippen LogP contribution in [0.15, 0.2) is 36.4 Å². The van der Waals surface area contributed by atoms with Crippen LogP contribution in [-0.4, -0.2) is 20.3 Å². The summed E-state index contributed by atoms with van der Waals surface area (Å²) >= 11 is 6.04. The monoisotopic (exact) mass is 334 g/mol. The van der Waals surface area contributed by atoms with Crippen molar-refractivity contribution in [1.82, 2.24) is 5.32 Å². The van der Waals surface area contributed by atoms with Gasteiger partial charge in [-0.1, -0.05) is 41.4 Å². The number of ether oxygens (including phenoxy) is 2. The SMILES string of the molecule is COc1cc(NC(=O)NCc2ccc(C)cc2)c(OC)cc1Cl. The average molecular weight is 335 g/mol. The van der Waals surface area contributed by atoms with Crippen molar-refractivity contribution in [3.63, 3.8) is 0 Å². The maximum Gasteiger partial charge on any atom is 0.319 e. The van der Waals surface area contributed by atoms with Crippen molar-refractivity contribution in [2.24, 2.45) is 0 Å². The fraction of sp³-hybridized carbons (Fsp3) is 0.235. The lowest BCUT2D eigenvalue weighted by Crippen LogP contribution is -2.28. The van der Waals surface area contributed by atoms with Gasteiger partial charge in [-0.05, 0) is 12.5 Å². The topological polar surface area (TPSA) is 59.6 Å². The lowest BCUT2D eigenvalue weighted by atomic mass is 10.1. The van der Waals surface area contributed by atoms with Gasteiger partial charge in [0.05, 0.1) is 24.9 Å². The van der Waals surface area contributed by atoms with Crippen molar-refractivity contribution >= 4 is 23.3 Å². The van der Waals surface area contributed by atoms with Crippen LogP contribution in [0.25, 0.3) is 0 Å². The number of amides is 2. The van der Waals surface area contributed by atoms with Crippen LogP contribution < -0.4 is 20.1 Å². The van der Waals surface area contributed by atoms with E-state index in [0.717, 1.165) is 5.56 Å². The molecule has 0 aliphatic heterocycles. The molecule has 2 N–H and O–H groups in total. The zero-order valence-corrected chi connectivity index (χ0v) is 14.0. The molecule has 0 aliphatic rings. The lowest BCUT2D eigenvalue weighted by Gasteiger charge is -2.13. The Kier molecular flexibility index (Phi) is 5.71. The molecular weight excluding hydrogens is 316 g/mol. The van der Waals surface area contributed by atoms with Crippen molar-refractivity contribution in [3.8, 4) is 11.5 Å². The van der Waals surface area contributed by atoms with Crippen LogP contribution in [0.1, 0.15) is 11.1 Å². The molecule has 2 rings (SSSR count). The van der Waals surface area contributed by atoms with E-state index >= 15 is 0 Å². The van der Waals surface area contributed by atoms with Gasteiger partial charge in [0.15, 0.2) is 0 Å². The predicted octanol–water partition coefficient (Wildman–Crippen LogP) is 3.99. The standard InChI is InChI=1S/C17H19ClN2O3/c1-11-4-6-12(7-5-11)10-19-17(21)20-14-9-15(22-2)13(18)8-16(14)23-3/h4-9H,10H2,1-3H3,(H2,19,20,21). The summed E-state index contributed by atoms with van der Waals surface area (Å²) < 4.78 is 10.4. The molecule has 0 fully saturated rings. The molecule has 6 heteroatoms. The van der Waals surface area contributed by atoms with Crippen molar-refractivity contribution < 1.29 is 14.3 Å². The molecule has 2 aromatic rings. The molecule has 0 aromatic heterocycles. The zero-order chi connectivity index (χ0) is 16.8. The molecule has 0 spiro atoms. The number of urea groups is 1. The highest BCUT2D eigenvalue weighted by atomic mass is 35.5. The van der Waals surface area contributed by atoms with Crippen molar-refractivity contribution in [1.29, 1.82) is 0 Å². The molecule has 0 atom stereocenters. The van der Waals surface area contributed by atoms with Gasteiger partial charge in [0.2, 0.25) is 0 Å². The summed E-state index contributed by atoms with van der Waals surface area (Å²) in [4.78, 5) is 12.1. The van der Waals surface area contributed by atoms with E-state index < -0.39 is 0 Å².